The van der Waals surface area contributed by atoms with Crippen molar-refractivity contribution in [1.82, 2.24) is 5.32 Å². The van der Waals surface area contributed by atoms with E-state index in [1.807, 2.05) is 13.8 Å². The molecule has 2 aliphatic rings. The van der Waals surface area contributed by atoms with E-state index in [-0.39, 0.29) is 11.8 Å². The van der Waals surface area contributed by atoms with Gasteiger partial charge in [-0.1, -0.05) is 33.6 Å². The van der Waals surface area contributed by atoms with Crippen molar-refractivity contribution < 1.29 is 14.7 Å². The first-order chi connectivity index (χ1) is 8.35. The van der Waals surface area contributed by atoms with Crippen LogP contribution in [0.15, 0.2) is 0 Å². The van der Waals surface area contributed by atoms with Gasteiger partial charge in [0, 0.05) is 6.54 Å². The summed E-state index contributed by atoms with van der Waals surface area (Å²) in [5.41, 5.74) is -0.392. The smallest absolute Gasteiger partial charge is 0.307 e. The molecule has 102 valence electrons. The molecule has 0 spiro atoms. The first kappa shape index (κ1) is 13.4. The Hall–Kier alpha value is -1.06. The Balaban J connectivity index is 1.84. The molecular weight excluding hydrogens is 230 g/mol. The van der Waals surface area contributed by atoms with Gasteiger partial charge in [0.25, 0.3) is 0 Å². The molecule has 4 heteroatoms. The van der Waals surface area contributed by atoms with Gasteiger partial charge in [0.05, 0.1) is 11.8 Å². The van der Waals surface area contributed by atoms with E-state index in [4.69, 9.17) is 5.11 Å². The van der Waals surface area contributed by atoms with Crippen LogP contribution in [0.25, 0.3) is 0 Å². The largest absolute Gasteiger partial charge is 0.481 e. The molecule has 4 nitrogen and oxygen atoms in total. The van der Waals surface area contributed by atoms with Crippen molar-refractivity contribution in [3.8, 4) is 0 Å². The van der Waals surface area contributed by atoms with Crippen molar-refractivity contribution in [1.29, 1.82) is 0 Å². The summed E-state index contributed by atoms with van der Waals surface area (Å²) in [4.78, 5) is 23.0. The number of nitrogens with one attached hydrogen (secondary N) is 1. The number of hydrogen-bond acceptors (Lipinski definition) is 2. The Morgan fingerprint density at radius 3 is 2.39 bits per heavy atom. The second-order valence-corrected chi connectivity index (χ2v) is 6.53. The minimum Gasteiger partial charge on any atom is -0.481 e. The lowest BCUT2D eigenvalue weighted by molar-refractivity contribution is -0.140. The minimum absolute atomic E-state index is 0.0773. The molecule has 0 radical (unpaired) electrons. The van der Waals surface area contributed by atoms with Gasteiger partial charge in [0.2, 0.25) is 5.91 Å². The summed E-state index contributed by atoms with van der Waals surface area (Å²) in [7, 11) is 0. The zero-order chi connectivity index (χ0) is 13.5. The molecule has 2 rings (SSSR count). The fourth-order valence-electron chi connectivity index (χ4n) is 3.46. The number of carboxylic acids is 1. The lowest BCUT2D eigenvalue weighted by Crippen LogP contribution is -2.32. The number of amides is 1. The summed E-state index contributed by atoms with van der Waals surface area (Å²) in [6.45, 7) is 6.65. The number of carbonyl (C=O) groups is 2. The predicted octanol–water partition coefficient (Wildman–Crippen LogP) is 1.90. The van der Waals surface area contributed by atoms with E-state index in [9.17, 15) is 9.59 Å². The molecule has 2 aliphatic carbocycles. The number of hydrogen-bond donors (Lipinski definition) is 2. The quantitative estimate of drug-likeness (QED) is 0.804. The third-order valence-electron chi connectivity index (χ3n) is 4.95. The SMILES string of the molecule is CC1CCCC1CNC(=O)C1C(C(=O)O)C1(C)C. The highest BCUT2D eigenvalue weighted by molar-refractivity contribution is 5.91. The van der Waals surface area contributed by atoms with Crippen LogP contribution in [0, 0.1) is 29.1 Å². The molecule has 2 N–H and O–H groups in total. The Morgan fingerprint density at radius 2 is 1.94 bits per heavy atom. The molecule has 0 bridgehead atoms. The van der Waals surface area contributed by atoms with Gasteiger partial charge in [-0.05, 0) is 23.7 Å². The van der Waals surface area contributed by atoms with Gasteiger partial charge < -0.3 is 10.4 Å². The van der Waals surface area contributed by atoms with Crippen LogP contribution in [0.1, 0.15) is 40.0 Å². The van der Waals surface area contributed by atoms with Gasteiger partial charge in [-0.2, -0.15) is 0 Å². The maximum atomic E-state index is 12.0. The van der Waals surface area contributed by atoms with Crippen molar-refractivity contribution in [3.05, 3.63) is 0 Å². The third-order valence-corrected chi connectivity index (χ3v) is 4.95. The summed E-state index contributed by atoms with van der Waals surface area (Å²) >= 11 is 0. The molecule has 18 heavy (non-hydrogen) atoms. The molecular formula is C14H23NO3. The lowest BCUT2D eigenvalue weighted by Gasteiger charge is -2.16. The molecule has 0 aromatic heterocycles. The van der Waals surface area contributed by atoms with Gasteiger partial charge in [-0.25, -0.2) is 0 Å². The summed E-state index contributed by atoms with van der Waals surface area (Å²) in [5.74, 6) is -0.557. The molecule has 0 saturated heterocycles. The lowest BCUT2D eigenvalue weighted by atomic mass is 9.98. The van der Waals surface area contributed by atoms with Crippen LogP contribution in [0.5, 0.6) is 0 Å². The van der Waals surface area contributed by atoms with Crippen molar-refractivity contribution >= 4 is 11.9 Å². The fraction of sp³-hybridized carbons (Fsp3) is 0.857. The van der Waals surface area contributed by atoms with E-state index >= 15 is 0 Å². The van der Waals surface area contributed by atoms with Crippen LogP contribution in [0.3, 0.4) is 0 Å². The van der Waals surface area contributed by atoms with E-state index in [1.54, 1.807) is 0 Å². The second kappa shape index (κ2) is 4.56. The number of carboxylic acid groups (broad SMARTS) is 1. The van der Waals surface area contributed by atoms with E-state index < -0.39 is 17.3 Å². The van der Waals surface area contributed by atoms with Gasteiger partial charge in [0.15, 0.2) is 0 Å². The average Bonchev–Trinajstić information content (AvgIpc) is 2.62. The van der Waals surface area contributed by atoms with Gasteiger partial charge in [-0.15, -0.1) is 0 Å². The zero-order valence-corrected chi connectivity index (χ0v) is 11.4. The Morgan fingerprint density at radius 1 is 1.28 bits per heavy atom. The minimum atomic E-state index is -0.852. The molecule has 0 aromatic rings. The first-order valence-electron chi connectivity index (χ1n) is 6.86. The molecule has 4 unspecified atom stereocenters. The molecule has 2 saturated carbocycles. The summed E-state index contributed by atoms with van der Waals surface area (Å²) < 4.78 is 0. The molecule has 0 aromatic carbocycles. The van der Waals surface area contributed by atoms with E-state index in [0.29, 0.717) is 18.4 Å². The average molecular weight is 253 g/mol. The summed E-state index contributed by atoms with van der Waals surface area (Å²) in [6.07, 6.45) is 3.67. The van der Waals surface area contributed by atoms with Crippen LogP contribution in [0.4, 0.5) is 0 Å². The molecule has 4 atom stereocenters. The van der Waals surface area contributed by atoms with Crippen molar-refractivity contribution in [2.45, 2.75) is 40.0 Å². The van der Waals surface area contributed by atoms with Crippen LogP contribution < -0.4 is 5.32 Å². The maximum absolute atomic E-state index is 12.0. The van der Waals surface area contributed by atoms with E-state index in [2.05, 4.69) is 12.2 Å². The number of aliphatic carboxylic acids is 1. The highest BCUT2D eigenvalue weighted by atomic mass is 16.4. The topological polar surface area (TPSA) is 66.4 Å². The van der Waals surface area contributed by atoms with Crippen LogP contribution in [0.2, 0.25) is 0 Å². The van der Waals surface area contributed by atoms with Crippen LogP contribution >= 0.6 is 0 Å². The number of rotatable bonds is 4. The van der Waals surface area contributed by atoms with Gasteiger partial charge >= 0.3 is 5.97 Å². The van der Waals surface area contributed by atoms with Gasteiger partial charge in [0.1, 0.15) is 0 Å². The number of carbonyl (C=O) groups excluding carboxylic acids is 1. The highest BCUT2D eigenvalue weighted by Crippen LogP contribution is 2.58. The van der Waals surface area contributed by atoms with Gasteiger partial charge in [-0.3, -0.25) is 9.59 Å². The van der Waals surface area contributed by atoms with Crippen LogP contribution in [-0.4, -0.2) is 23.5 Å². The van der Waals surface area contributed by atoms with Crippen molar-refractivity contribution in [3.63, 3.8) is 0 Å². The highest BCUT2D eigenvalue weighted by Gasteiger charge is 2.65. The molecule has 2 fully saturated rings. The third kappa shape index (κ3) is 2.25. The Labute approximate surface area is 108 Å². The monoisotopic (exact) mass is 253 g/mol. The molecule has 1 amide bonds. The van der Waals surface area contributed by atoms with Crippen molar-refractivity contribution in [2.24, 2.45) is 29.1 Å². The van der Waals surface area contributed by atoms with E-state index in [0.717, 1.165) is 0 Å². The standard InChI is InChI=1S/C14H23NO3/c1-8-5-4-6-9(8)7-15-12(16)10-11(13(17)18)14(10,2)3/h8-11H,4-7H2,1-3H3,(H,15,16)(H,17,18). The van der Waals surface area contributed by atoms with Crippen LogP contribution in [-0.2, 0) is 9.59 Å². The second-order valence-electron chi connectivity index (χ2n) is 6.53. The summed E-state index contributed by atoms with van der Waals surface area (Å²) in [5, 5.41) is 12.0. The fourth-order valence-corrected chi connectivity index (χ4v) is 3.46. The zero-order valence-electron chi connectivity index (χ0n) is 11.4. The molecule has 0 heterocycles. The summed E-state index contributed by atoms with van der Waals surface area (Å²) in [6, 6.07) is 0. The predicted molar refractivity (Wildman–Crippen MR) is 67.9 cm³/mol. The first-order valence-corrected chi connectivity index (χ1v) is 6.86. The normalized spacial score (nSPS) is 37.3. The van der Waals surface area contributed by atoms with Crippen molar-refractivity contribution in [2.75, 3.05) is 6.54 Å². The Kier molecular flexibility index (Phi) is 3.39. The van der Waals surface area contributed by atoms with E-state index in [1.165, 1.54) is 19.3 Å². The molecule has 0 aliphatic heterocycles. The Bertz CT molecular complexity index is 364. The maximum Gasteiger partial charge on any atom is 0.307 e.